The molecule has 1 aliphatic rings. The van der Waals surface area contributed by atoms with Gasteiger partial charge in [-0.3, -0.25) is 4.79 Å². The van der Waals surface area contributed by atoms with Crippen molar-refractivity contribution >= 4 is 18.3 Å². The predicted molar refractivity (Wildman–Crippen MR) is 75.6 cm³/mol. The minimum Gasteiger partial charge on any atom is -0.353 e. The summed E-state index contributed by atoms with van der Waals surface area (Å²) in [6.07, 6.45) is 2.81. The van der Waals surface area contributed by atoms with Crippen molar-refractivity contribution in [2.75, 3.05) is 6.54 Å². The summed E-state index contributed by atoms with van der Waals surface area (Å²) < 4.78 is 26.4. The molecule has 0 heterocycles. The monoisotopic (exact) mass is 304 g/mol. The van der Waals surface area contributed by atoms with Gasteiger partial charge in [-0.1, -0.05) is 6.42 Å². The summed E-state index contributed by atoms with van der Waals surface area (Å²) >= 11 is 0. The molecular formula is C14H19ClF2N2O. The lowest BCUT2D eigenvalue weighted by atomic mass is 10.0. The van der Waals surface area contributed by atoms with Gasteiger partial charge in [0.25, 0.3) is 0 Å². The quantitative estimate of drug-likeness (QED) is 0.896. The Morgan fingerprint density at radius 1 is 1.35 bits per heavy atom. The van der Waals surface area contributed by atoms with Gasteiger partial charge in [-0.2, -0.15) is 0 Å². The minimum atomic E-state index is -0.557. The fraction of sp³-hybridized carbons (Fsp3) is 0.500. The molecule has 0 saturated heterocycles. The van der Waals surface area contributed by atoms with Crippen molar-refractivity contribution in [3.8, 4) is 0 Å². The fourth-order valence-electron chi connectivity index (χ4n) is 2.62. The number of carbonyl (C=O) groups excluding carboxylic acids is 1. The third-order valence-electron chi connectivity index (χ3n) is 3.67. The van der Waals surface area contributed by atoms with Gasteiger partial charge in [0.2, 0.25) is 5.91 Å². The molecule has 20 heavy (non-hydrogen) atoms. The van der Waals surface area contributed by atoms with E-state index in [-0.39, 0.29) is 36.3 Å². The second kappa shape index (κ2) is 7.55. The highest BCUT2D eigenvalue weighted by Crippen LogP contribution is 2.24. The topological polar surface area (TPSA) is 55.1 Å². The van der Waals surface area contributed by atoms with Crippen LogP contribution in [0.25, 0.3) is 0 Å². The molecule has 1 saturated carbocycles. The summed E-state index contributed by atoms with van der Waals surface area (Å²) in [5, 5.41) is 2.87. The molecule has 1 aromatic rings. The van der Waals surface area contributed by atoms with E-state index < -0.39 is 11.6 Å². The molecule has 1 aliphatic carbocycles. The predicted octanol–water partition coefficient (Wildman–Crippen LogP) is 2.17. The van der Waals surface area contributed by atoms with Crippen LogP contribution in [-0.2, 0) is 11.2 Å². The smallest absolute Gasteiger partial charge is 0.224 e. The van der Waals surface area contributed by atoms with E-state index in [1.54, 1.807) is 0 Å². The van der Waals surface area contributed by atoms with Gasteiger partial charge < -0.3 is 11.1 Å². The number of rotatable bonds is 4. The van der Waals surface area contributed by atoms with Crippen molar-refractivity contribution in [2.24, 2.45) is 11.7 Å². The molecule has 2 unspecified atom stereocenters. The maximum Gasteiger partial charge on any atom is 0.224 e. The Bertz CT molecular complexity index is 470. The average Bonchev–Trinajstić information content (AvgIpc) is 2.81. The molecule has 3 nitrogen and oxygen atoms in total. The number of carbonyl (C=O) groups is 1. The molecule has 6 heteroatoms. The van der Waals surface area contributed by atoms with Crippen molar-refractivity contribution in [3.63, 3.8) is 0 Å². The number of nitrogens with one attached hydrogen (secondary N) is 1. The molecule has 0 radical (unpaired) electrons. The summed E-state index contributed by atoms with van der Waals surface area (Å²) in [4.78, 5) is 11.9. The van der Waals surface area contributed by atoms with E-state index >= 15 is 0 Å². The number of hydrogen-bond acceptors (Lipinski definition) is 2. The largest absolute Gasteiger partial charge is 0.353 e. The number of amides is 1. The summed E-state index contributed by atoms with van der Waals surface area (Å²) in [5.41, 5.74) is 5.72. The van der Waals surface area contributed by atoms with Crippen molar-refractivity contribution in [2.45, 2.75) is 31.7 Å². The van der Waals surface area contributed by atoms with Gasteiger partial charge >= 0.3 is 0 Å². The fourth-order valence-corrected chi connectivity index (χ4v) is 2.62. The van der Waals surface area contributed by atoms with Gasteiger partial charge in [-0.05, 0) is 43.5 Å². The first kappa shape index (κ1) is 16.9. The Hall–Kier alpha value is -1.20. The molecule has 2 atom stereocenters. The lowest BCUT2D eigenvalue weighted by Gasteiger charge is -2.19. The maximum absolute atomic E-state index is 13.4. The second-order valence-electron chi connectivity index (χ2n) is 5.01. The highest BCUT2D eigenvalue weighted by Gasteiger charge is 2.27. The SMILES string of the molecule is Cl.NCC1CCCC1NC(=O)Cc1cc(F)ccc1F. The maximum atomic E-state index is 13.4. The van der Waals surface area contributed by atoms with Gasteiger partial charge in [0.15, 0.2) is 0 Å². The van der Waals surface area contributed by atoms with Crippen LogP contribution in [-0.4, -0.2) is 18.5 Å². The molecule has 2 rings (SSSR count). The molecule has 112 valence electrons. The van der Waals surface area contributed by atoms with E-state index in [1.807, 2.05) is 0 Å². The molecule has 1 aromatic carbocycles. The molecule has 1 amide bonds. The average molecular weight is 305 g/mol. The highest BCUT2D eigenvalue weighted by molar-refractivity contribution is 5.85. The van der Waals surface area contributed by atoms with Crippen molar-refractivity contribution in [1.82, 2.24) is 5.32 Å². The highest BCUT2D eigenvalue weighted by atomic mass is 35.5. The molecule has 0 spiro atoms. The zero-order valence-electron chi connectivity index (χ0n) is 11.1. The summed E-state index contributed by atoms with van der Waals surface area (Å²) in [7, 11) is 0. The third-order valence-corrected chi connectivity index (χ3v) is 3.67. The van der Waals surface area contributed by atoms with Crippen LogP contribution < -0.4 is 11.1 Å². The van der Waals surface area contributed by atoms with Crippen LogP contribution in [0.4, 0.5) is 8.78 Å². The Morgan fingerprint density at radius 3 is 2.80 bits per heavy atom. The van der Waals surface area contributed by atoms with Gasteiger partial charge in [-0.25, -0.2) is 8.78 Å². The Kier molecular flexibility index (Phi) is 6.36. The van der Waals surface area contributed by atoms with Crippen molar-refractivity contribution in [3.05, 3.63) is 35.4 Å². The molecular weight excluding hydrogens is 286 g/mol. The van der Waals surface area contributed by atoms with Crippen molar-refractivity contribution in [1.29, 1.82) is 0 Å². The van der Waals surface area contributed by atoms with E-state index in [1.165, 1.54) is 0 Å². The number of hydrogen-bond donors (Lipinski definition) is 2. The van der Waals surface area contributed by atoms with Gasteiger partial charge in [-0.15, -0.1) is 12.4 Å². The minimum absolute atomic E-state index is 0. The lowest BCUT2D eigenvalue weighted by molar-refractivity contribution is -0.121. The van der Waals surface area contributed by atoms with Crippen LogP contribution in [0.5, 0.6) is 0 Å². The van der Waals surface area contributed by atoms with Gasteiger partial charge in [0.1, 0.15) is 11.6 Å². The second-order valence-corrected chi connectivity index (χ2v) is 5.01. The normalized spacial score (nSPS) is 21.4. The van der Waals surface area contributed by atoms with Crippen LogP contribution in [0.15, 0.2) is 18.2 Å². The van der Waals surface area contributed by atoms with Crippen LogP contribution in [0, 0.1) is 17.6 Å². The van der Waals surface area contributed by atoms with Crippen LogP contribution in [0.1, 0.15) is 24.8 Å². The van der Waals surface area contributed by atoms with E-state index in [9.17, 15) is 13.6 Å². The Balaban J connectivity index is 0.00000200. The number of halogens is 3. The Morgan fingerprint density at radius 2 is 2.10 bits per heavy atom. The zero-order chi connectivity index (χ0) is 13.8. The lowest BCUT2D eigenvalue weighted by Crippen LogP contribution is -2.40. The summed E-state index contributed by atoms with van der Waals surface area (Å²) in [6, 6.07) is 3.20. The first-order chi connectivity index (χ1) is 9.10. The van der Waals surface area contributed by atoms with Crippen LogP contribution in [0.2, 0.25) is 0 Å². The van der Waals surface area contributed by atoms with E-state index in [2.05, 4.69) is 5.32 Å². The number of benzene rings is 1. The van der Waals surface area contributed by atoms with Gasteiger partial charge in [0.05, 0.1) is 6.42 Å². The van der Waals surface area contributed by atoms with E-state index in [0.29, 0.717) is 12.5 Å². The molecule has 0 aliphatic heterocycles. The molecule has 1 fully saturated rings. The first-order valence-corrected chi connectivity index (χ1v) is 6.53. The Labute approximate surface area is 123 Å². The molecule has 0 bridgehead atoms. The van der Waals surface area contributed by atoms with Crippen LogP contribution in [0.3, 0.4) is 0 Å². The van der Waals surface area contributed by atoms with E-state index in [0.717, 1.165) is 37.5 Å². The molecule has 0 aromatic heterocycles. The van der Waals surface area contributed by atoms with Crippen molar-refractivity contribution < 1.29 is 13.6 Å². The summed E-state index contributed by atoms with van der Waals surface area (Å²) in [5.74, 6) is -1.08. The zero-order valence-corrected chi connectivity index (χ0v) is 11.9. The standard InChI is InChI=1S/C14H18F2N2O.ClH/c15-11-4-5-12(16)10(6-11)7-14(19)18-13-3-1-2-9(13)8-17;/h4-6,9,13H,1-3,7-8,17H2,(H,18,19);1H. The first-order valence-electron chi connectivity index (χ1n) is 6.53. The number of nitrogens with two attached hydrogens (primary N) is 1. The third kappa shape index (κ3) is 4.15. The van der Waals surface area contributed by atoms with Gasteiger partial charge in [0, 0.05) is 11.6 Å². The van der Waals surface area contributed by atoms with E-state index in [4.69, 9.17) is 5.73 Å². The summed E-state index contributed by atoms with van der Waals surface area (Å²) in [6.45, 7) is 0.541. The van der Waals surface area contributed by atoms with Crippen LogP contribution >= 0.6 is 12.4 Å². The molecule has 3 N–H and O–H groups in total.